The number of hydrogen-bond donors (Lipinski definition) is 1. The third-order valence-electron chi connectivity index (χ3n) is 3.71. The van der Waals surface area contributed by atoms with Crippen LogP contribution in [-0.4, -0.2) is 23.6 Å². The topological polar surface area (TPSA) is 90.7 Å². The van der Waals surface area contributed by atoms with Crippen molar-refractivity contribution in [3.05, 3.63) is 74.9 Å². The summed E-state index contributed by atoms with van der Waals surface area (Å²) in [4.78, 5) is 23.2. The van der Waals surface area contributed by atoms with Crippen LogP contribution in [0.3, 0.4) is 0 Å². The first-order valence-corrected chi connectivity index (χ1v) is 8.21. The smallest absolute Gasteiger partial charge is 0.271 e. The second-order valence-corrected chi connectivity index (χ2v) is 5.86. The van der Waals surface area contributed by atoms with E-state index in [1.165, 1.54) is 24.4 Å². The van der Waals surface area contributed by atoms with Crippen molar-refractivity contribution < 1.29 is 19.2 Å². The maximum atomic E-state index is 12.8. The fourth-order valence-electron chi connectivity index (χ4n) is 2.50. The molecule has 2 aromatic rings. The van der Waals surface area contributed by atoms with Gasteiger partial charge >= 0.3 is 0 Å². The number of carbonyl (C=O) groups is 1. The van der Waals surface area contributed by atoms with Gasteiger partial charge in [-0.3, -0.25) is 14.9 Å². The number of nitro groups is 1. The Bertz CT molecular complexity index is 897. The standard InChI is InChI=1S/C18H15ClN2O5/c1-2-25-18-15(10-20-12-4-3-5-13(9-12)21(23)24)17(22)14-8-11(19)6-7-16(14)26-18/h3-10,18,20H,2H2,1H3. The third-order valence-corrected chi connectivity index (χ3v) is 3.94. The van der Waals surface area contributed by atoms with E-state index in [9.17, 15) is 14.9 Å². The largest absolute Gasteiger partial charge is 0.460 e. The monoisotopic (exact) mass is 374 g/mol. The van der Waals surface area contributed by atoms with Crippen LogP contribution in [-0.2, 0) is 4.74 Å². The van der Waals surface area contributed by atoms with E-state index in [1.807, 2.05) is 0 Å². The van der Waals surface area contributed by atoms with Crippen LogP contribution >= 0.6 is 11.6 Å². The fraction of sp³-hybridized carbons (Fsp3) is 0.167. The number of rotatable bonds is 5. The summed E-state index contributed by atoms with van der Waals surface area (Å²) in [6.07, 6.45) is 0.554. The fourth-order valence-corrected chi connectivity index (χ4v) is 2.67. The number of carbonyl (C=O) groups excluding carboxylic acids is 1. The minimum atomic E-state index is -0.882. The van der Waals surface area contributed by atoms with Gasteiger partial charge in [0.05, 0.1) is 16.1 Å². The molecule has 1 heterocycles. The van der Waals surface area contributed by atoms with Crippen LogP contribution in [0.1, 0.15) is 17.3 Å². The maximum absolute atomic E-state index is 12.8. The van der Waals surface area contributed by atoms with Crippen molar-refractivity contribution in [1.82, 2.24) is 0 Å². The number of ether oxygens (including phenoxy) is 2. The summed E-state index contributed by atoms with van der Waals surface area (Å²) in [7, 11) is 0. The van der Waals surface area contributed by atoms with Crippen molar-refractivity contribution in [3.8, 4) is 5.75 Å². The van der Waals surface area contributed by atoms with Crippen LogP contribution < -0.4 is 10.1 Å². The summed E-state index contributed by atoms with van der Waals surface area (Å²) < 4.78 is 11.3. The maximum Gasteiger partial charge on any atom is 0.271 e. The van der Waals surface area contributed by atoms with Gasteiger partial charge in [-0.05, 0) is 31.2 Å². The van der Waals surface area contributed by atoms with Crippen LogP contribution in [0.5, 0.6) is 5.75 Å². The van der Waals surface area contributed by atoms with Crippen LogP contribution in [0.4, 0.5) is 11.4 Å². The molecule has 0 amide bonds. The number of nitrogens with one attached hydrogen (secondary N) is 1. The third kappa shape index (κ3) is 3.68. The average molecular weight is 375 g/mol. The number of anilines is 1. The second-order valence-electron chi connectivity index (χ2n) is 5.43. The van der Waals surface area contributed by atoms with Gasteiger partial charge in [0.15, 0.2) is 0 Å². The van der Waals surface area contributed by atoms with Gasteiger partial charge in [-0.1, -0.05) is 17.7 Å². The number of halogens is 1. The molecule has 0 radical (unpaired) electrons. The van der Waals surface area contributed by atoms with Crippen LogP contribution in [0.15, 0.2) is 54.2 Å². The summed E-state index contributed by atoms with van der Waals surface area (Å²) in [5.41, 5.74) is 0.985. The zero-order chi connectivity index (χ0) is 18.7. The molecular formula is C18H15ClN2O5. The van der Waals surface area contributed by atoms with E-state index in [0.29, 0.717) is 28.6 Å². The van der Waals surface area contributed by atoms with Gasteiger partial charge < -0.3 is 14.8 Å². The Hall–Kier alpha value is -2.90. The highest BCUT2D eigenvalue weighted by molar-refractivity contribution is 6.31. The first-order valence-electron chi connectivity index (χ1n) is 7.83. The van der Waals surface area contributed by atoms with Gasteiger partial charge in [-0.15, -0.1) is 0 Å². The number of non-ortho nitro benzene ring substituents is 1. The molecule has 0 saturated carbocycles. The highest BCUT2D eigenvalue weighted by Crippen LogP contribution is 2.33. The van der Waals surface area contributed by atoms with Crippen molar-refractivity contribution >= 4 is 28.8 Å². The van der Waals surface area contributed by atoms with E-state index in [1.54, 1.807) is 31.2 Å². The van der Waals surface area contributed by atoms with Gasteiger partial charge in [0.25, 0.3) is 5.69 Å². The average Bonchev–Trinajstić information content (AvgIpc) is 2.62. The zero-order valence-electron chi connectivity index (χ0n) is 13.8. The molecule has 1 unspecified atom stereocenters. The molecule has 26 heavy (non-hydrogen) atoms. The molecule has 3 rings (SSSR count). The molecular weight excluding hydrogens is 360 g/mol. The quantitative estimate of drug-likeness (QED) is 0.479. The number of Topliss-reactive ketones (excluding diaryl/α,β-unsaturated/α-hetero) is 1. The highest BCUT2D eigenvalue weighted by atomic mass is 35.5. The van der Waals surface area contributed by atoms with E-state index in [-0.39, 0.29) is 17.0 Å². The molecule has 1 aliphatic heterocycles. The molecule has 0 spiro atoms. The lowest BCUT2D eigenvalue weighted by molar-refractivity contribution is -0.384. The summed E-state index contributed by atoms with van der Waals surface area (Å²) in [6, 6.07) is 10.7. The van der Waals surface area contributed by atoms with Crippen LogP contribution in [0, 0.1) is 10.1 Å². The Balaban J connectivity index is 1.93. The normalized spacial score (nSPS) is 17.5. The number of ketones is 1. The Morgan fingerprint density at radius 3 is 2.88 bits per heavy atom. The van der Waals surface area contributed by atoms with Crippen molar-refractivity contribution in [3.63, 3.8) is 0 Å². The molecule has 0 fully saturated rings. The van der Waals surface area contributed by atoms with Gasteiger partial charge in [-0.2, -0.15) is 0 Å². The van der Waals surface area contributed by atoms with Gasteiger partial charge in [-0.25, -0.2) is 0 Å². The minimum Gasteiger partial charge on any atom is -0.460 e. The molecule has 1 aliphatic rings. The molecule has 0 saturated heterocycles. The minimum absolute atomic E-state index is 0.0573. The lowest BCUT2D eigenvalue weighted by Crippen LogP contribution is -2.33. The molecule has 1 N–H and O–H groups in total. The number of benzene rings is 2. The van der Waals surface area contributed by atoms with Crippen molar-refractivity contribution in [2.24, 2.45) is 0 Å². The van der Waals surface area contributed by atoms with Crippen LogP contribution in [0.25, 0.3) is 0 Å². The van der Waals surface area contributed by atoms with E-state index < -0.39 is 11.2 Å². The number of nitro benzene ring substituents is 1. The number of hydrogen-bond acceptors (Lipinski definition) is 6. The van der Waals surface area contributed by atoms with Gasteiger partial charge in [0.2, 0.25) is 12.1 Å². The molecule has 0 bridgehead atoms. The lowest BCUT2D eigenvalue weighted by atomic mass is 10.00. The molecule has 134 valence electrons. The molecule has 2 aromatic carbocycles. The van der Waals surface area contributed by atoms with E-state index in [0.717, 1.165) is 0 Å². The SMILES string of the molecule is CCOC1Oc2ccc(Cl)cc2C(=O)C1=CNc1cccc([N+](=O)[O-])c1. The Morgan fingerprint density at radius 1 is 1.35 bits per heavy atom. The zero-order valence-corrected chi connectivity index (χ0v) is 14.5. The highest BCUT2D eigenvalue weighted by Gasteiger charge is 2.32. The number of fused-ring (bicyclic) bond motifs is 1. The second kappa shape index (κ2) is 7.55. The van der Waals surface area contributed by atoms with E-state index in [2.05, 4.69) is 5.32 Å². The van der Waals surface area contributed by atoms with Gasteiger partial charge in [0.1, 0.15) is 5.75 Å². The van der Waals surface area contributed by atoms with E-state index >= 15 is 0 Å². The van der Waals surface area contributed by atoms with Gasteiger partial charge in [0, 0.05) is 35.6 Å². The van der Waals surface area contributed by atoms with Crippen LogP contribution in [0.2, 0.25) is 5.02 Å². The summed E-state index contributed by atoms with van der Waals surface area (Å²) in [5, 5.41) is 14.2. The molecule has 0 aliphatic carbocycles. The Kier molecular flexibility index (Phi) is 5.20. The molecule has 0 aromatic heterocycles. The molecule has 8 heteroatoms. The molecule has 1 atom stereocenters. The first-order chi connectivity index (χ1) is 12.5. The van der Waals surface area contributed by atoms with Crippen molar-refractivity contribution in [2.75, 3.05) is 11.9 Å². The Morgan fingerprint density at radius 2 is 2.15 bits per heavy atom. The predicted octanol–water partition coefficient (Wildman–Crippen LogP) is 4.18. The summed E-state index contributed by atoms with van der Waals surface area (Å²) >= 11 is 5.97. The summed E-state index contributed by atoms with van der Waals surface area (Å²) in [5.74, 6) is 0.107. The predicted molar refractivity (Wildman–Crippen MR) is 96.6 cm³/mol. The number of nitrogens with zero attached hydrogens (tertiary/aromatic N) is 1. The molecule has 7 nitrogen and oxygen atoms in total. The Labute approximate surface area is 154 Å². The van der Waals surface area contributed by atoms with Crippen molar-refractivity contribution in [1.29, 1.82) is 0 Å². The lowest BCUT2D eigenvalue weighted by Gasteiger charge is -2.27. The van der Waals surface area contributed by atoms with Crippen molar-refractivity contribution in [2.45, 2.75) is 13.2 Å². The first kappa shape index (κ1) is 17.9. The van der Waals surface area contributed by atoms with E-state index in [4.69, 9.17) is 21.1 Å². The summed E-state index contributed by atoms with van der Waals surface area (Å²) in [6.45, 7) is 2.13.